The lowest BCUT2D eigenvalue weighted by molar-refractivity contribution is 0.164. The number of ether oxygens (including phenoxy) is 1. The smallest absolute Gasteiger partial charge is 0.246 e. The van der Waals surface area contributed by atoms with E-state index in [0.29, 0.717) is 5.92 Å². The third-order valence-electron chi connectivity index (χ3n) is 3.82. The van der Waals surface area contributed by atoms with Crippen molar-refractivity contribution in [3.05, 3.63) is 24.0 Å². The fourth-order valence-corrected chi connectivity index (χ4v) is 4.16. The molecule has 7 heteroatoms. The second-order valence-corrected chi connectivity index (χ2v) is 7.24. The van der Waals surface area contributed by atoms with Gasteiger partial charge < -0.3 is 10.5 Å². The SMILES string of the molecule is COCCN(C(C)C1CC1)S(=O)(=O)c1cc(N)ccc1F. The normalized spacial score (nSPS) is 17.1. The molecule has 0 saturated heterocycles. The van der Waals surface area contributed by atoms with Crippen molar-refractivity contribution in [2.45, 2.75) is 30.7 Å². The molecule has 1 unspecified atom stereocenters. The molecule has 21 heavy (non-hydrogen) atoms. The van der Waals surface area contributed by atoms with Crippen molar-refractivity contribution in [3.63, 3.8) is 0 Å². The molecule has 0 bridgehead atoms. The Morgan fingerprint density at radius 2 is 2.14 bits per heavy atom. The van der Waals surface area contributed by atoms with Crippen LogP contribution in [0, 0.1) is 11.7 Å². The van der Waals surface area contributed by atoms with E-state index in [4.69, 9.17) is 10.5 Å². The van der Waals surface area contributed by atoms with E-state index >= 15 is 0 Å². The first-order valence-electron chi connectivity index (χ1n) is 6.93. The van der Waals surface area contributed by atoms with E-state index in [2.05, 4.69) is 0 Å². The summed E-state index contributed by atoms with van der Waals surface area (Å²) < 4.78 is 45.8. The van der Waals surface area contributed by atoms with Crippen LogP contribution < -0.4 is 5.73 Å². The molecular formula is C14H21FN2O3S. The summed E-state index contributed by atoms with van der Waals surface area (Å²) in [6.07, 6.45) is 2.00. The second kappa shape index (κ2) is 6.29. The largest absolute Gasteiger partial charge is 0.399 e. The van der Waals surface area contributed by atoms with Crippen LogP contribution in [-0.4, -0.2) is 39.0 Å². The standard InChI is InChI=1S/C14H21FN2O3S/c1-10(11-3-4-11)17(7-8-20-2)21(18,19)14-9-12(16)5-6-13(14)15/h5-6,9-11H,3-4,7-8,16H2,1-2H3. The minimum Gasteiger partial charge on any atom is -0.399 e. The number of rotatable bonds is 7. The third kappa shape index (κ3) is 3.53. The van der Waals surface area contributed by atoms with Crippen LogP contribution in [0.4, 0.5) is 10.1 Å². The molecular weight excluding hydrogens is 295 g/mol. The topological polar surface area (TPSA) is 72.6 Å². The summed E-state index contributed by atoms with van der Waals surface area (Å²) in [7, 11) is -2.42. The van der Waals surface area contributed by atoms with E-state index in [1.807, 2.05) is 6.92 Å². The minimum atomic E-state index is -3.93. The molecule has 1 aliphatic carbocycles. The number of nitrogens with zero attached hydrogens (tertiary/aromatic N) is 1. The Morgan fingerprint density at radius 3 is 2.71 bits per heavy atom. The zero-order valence-corrected chi connectivity index (χ0v) is 13.1. The van der Waals surface area contributed by atoms with Gasteiger partial charge in [0.15, 0.2) is 0 Å². The molecule has 0 aromatic heterocycles. The van der Waals surface area contributed by atoms with Crippen LogP contribution in [0.5, 0.6) is 0 Å². The molecule has 0 amide bonds. The number of halogens is 1. The van der Waals surface area contributed by atoms with Gasteiger partial charge in [-0.1, -0.05) is 0 Å². The summed E-state index contributed by atoms with van der Waals surface area (Å²) >= 11 is 0. The van der Waals surface area contributed by atoms with Gasteiger partial charge in [-0.25, -0.2) is 12.8 Å². The Balaban J connectivity index is 2.38. The van der Waals surface area contributed by atoms with Crippen molar-refractivity contribution in [1.29, 1.82) is 0 Å². The van der Waals surface area contributed by atoms with E-state index in [1.165, 1.54) is 23.5 Å². The van der Waals surface area contributed by atoms with E-state index < -0.39 is 15.8 Å². The van der Waals surface area contributed by atoms with Crippen molar-refractivity contribution < 1.29 is 17.5 Å². The Morgan fingerprint density at radius 1 is 1.48 bits per heavy atom. The molecule has 1 aliphatic rings. The van der Waals surface area contributed by atoms with Crippen LogP contribution in [0.2, 0.25) is 0 Å². The second-order valence-electron chi connectivity index (χ2n) is 5.38. The van der Waals surface area contributed by atoms with Crippen molar-refractivity contribution in [2.24, 2.45) is 5.92 Å². The highest BCUT2D eigenvalue weighted by Crippen LogP contribution is 2.37. The Labute approximate surface area is 124 Å². The summed E-state index contributed by atoms with van der Waals surface area (Å²) in [5, 5.41) is 0. The first-order valence-corrected chi connectivity index (χ1v) is 8.37. The van der Waals surface area contributed by atoms with Crippen molar-refractivity contribution in [3.8, 4) is 0 Å². The van der Waals surface area contributed by atoms with Crippen LogP contribution in [0.3, 0.4) is 0 Å². The number of anilines is 1. The molecule has 1 aromatic carbocycles. The van der Waals surface area contributed by atoms with Crippen LogP contribution >= 0.6 is 0 Å². The van der Waals surface area contributed by atoms with Crippen molar-refractivity contribution in [1.82, 2.24) is 4.31 Å². The highest BCUT2D eigenvalue weighted by Gasteiger charge is 2.39. The predicted octanol–water partition coefficient (Wildman–Crippen LogP) is 1.84. The molecule has 1 saturated carbocycles. The number of hydrogen-bond donors (Lipinski definition) is 1. The highest BCUT2D eigenvalue weighted by atomic mass is 32.2. The van der Waals surface area contributed by atoms with Crippen LogP contribution in [0.15, 0.2) is 23.1 Å². The van der Waals surface area contributed by atoms with Gasteiger partial charge >= 0.3 is 0 Å². The number of sulfonamides is 1. The predicted molar refractivity (Wildman–Crippen MR) is 78.8 cm³/mol. The summed E-state index contributed by atoms with van der Waals surface area (Å²) in [5.41, 5.74) is 5.82. The van der Waals surface area contributed by atoms with Crippen molar-refractivity contribution in [2.75, 3.05) is 26.0 Å². The van der Waals surface area contributed by atoms with Gasteiger partial charge in [-0.2, -0.15) is 4.31 Å². The van der Waals surface area contributed by atoms with E-state index in [0.717, 1.165) is 18.9 Å². The van der Waals surface area contributed by atoms with Gasteiger partial charge in [0.25, 0.3) is 0 Å². The van der Waals surface area contributed by atoms with Gasteiger partial charge in [-0.3, -0.25) is 0 Å². The maximum absolute atomic E-state index is 13.9. The van der Waals surface area contributed by atoms with Crippen LogP contribution in [0.25, 0.3) is 0 Å². The molecule has 1 fully saturated rings. The number of methoxy groups -OCH3 is 1. The molecule has 1 atom stereocenters. The van der Waals surface area contributed by atoms with Gasteiger partial charge in [0.1, 0.15) is 10.7 Å². The fourth-order valence-electron chi connectivity index (χ4n) is 2.38. The molecule has 1 aromatic rings. The molecule has 0 heterocycles. The lowest BCUT2D eigenvalue weighted by atomic mass is 10.2. The number of nitrogen functional groups attached to an aromatic ring is 1. The average molecular weight is 316 g/mol. The molecule has 0 radical (unpaired) electrons. The van der Waals surface area contributed by atoms with Crippen LogP contribution in [-0.2, 0) is 14.8 Å². The Hall–Kier alpha value is -1.18. The molecule has 2 rings (SSSR count). The first-order chi connectivity index (χ1) is 9.87. The van der Waals surface area contributed by atoms with Gasteiger partial charge in [0, 0.05) is 25.4 Å². The maximum Gasteiger partial charge on any atom is 0.246 e. The van der Waals surface area contributed by atoms with Gasteiger partial charge in [-0.05, 0) is 43.9 Å². The molecule has 0 aliphatic heterocycles. The summed E-state index contributed by atoms with van der Waals surface area (Å²) in [6.45, 7) is 2.32. The van der Waals surface area contributed by atoms with E-state index in [1.54, 1.807) is 0 Å². The fraction of sp³-hybridized carbons (Fsp3) is 0.571. The maximum atomic E-state index is 13.9. The van der Waals surface area contributed by atoms with Crippen molar-refractivity contribution >= 4 is 15.7 Å². The summed E-state index contributed by atoms with van der Waals surface area (Å²) in [5.74, 6) is -0.449. The zero-order chi connectivity index (χ0) is 15.6. The Kier molecular flexibility index (Phi) is 4.85. The van der Waals surface area contributed by atoms with E-state index in [9.17, 15) is 12.8 Å². The Bertz CT molecular complexity index is 602. The lowest BCUT2D eigenvalue weighted by Gasteiger charge is -2.28. The zero-order valence-electron chi connectivity index (χ0n) is 12.3. The first kappa shape index (κ1) is 16.2. The van der Waals surface area contributed by atoms with Gasteiger partial charge in [0.2, 0.25) is 10.0 Å². The average Bonchev–Trinajstić information content (AvgIpc) is 3.25. The molecule has 5 nitrogen and oxygen atoms in total. The highest BCUT2D eigenvalue weighted by molar-refractivity contribution is 7.89. The van der Waals surface area contributed by atoms with Crippen LogP contribution in [0.1, 0.15) is 19.8 Å². The monoisotopic (exact) mass is 316 g/mol. The van der Waals surface area contributed by atoms with E-state index in [-0.39, 0.29) is 29.8 Å². The summed E-state index contributed by atoms with van der Waals surface area (Å²) in [4.78, 5) is -0.369. The number of benzene rings is 1. The number of hydrogen-bond acceptors (Lipinski definition) is 4. The van der Waals surface area contributed by atoms with Gasteiger partial charge in [0.05, 0.1) is 6.61 Å². The lowest BCUT2D eigenvalue weighted by Crippen LogP contribution is -2.42. The minimum absolute atomic E-state index is 0.175. The number of nitrogens with two attached hydrogens (primary N) is 1. The van der Waals surface area contributed by atoms with Gasteiger partial charge in [-0.15, -0.1) is 0 Å². The molecule has 0 spiro atoms. The molecule has 118 valence electrons. The quantitative estimate of drug-likeness (QED) is 0.779. The molecule has 2 N–H and O–H groups in total. The summed E-state index contributed by atoms with van der Waals surface area (Å²) in [6, 6.07) is 3.42. The third-order valence-corrected chi connectivity index (χ3v) is 5.82.